The monoisotopic (exact) mass is 440 g/mol. The molecule has 0 heterocycles. The van der Waals surface area contributed by atoms with Crippen LogP contribution >= 0.6 is 0 Å². The predicted octanol–water partition coefficient (Wildman–Crippen LogP) is 2.71. The van der Waals surface area contributed by atoms with Crippen molar-refractivity contribution < 1.29 is 33.1 Å². The third-order valence-corrected chi connectivity index (χ3v) is 11.7. The number of carboxylic acid groups (broad SMARTS) is 1. The van der Waals surface area contributed by atoms with Gasteiger partial charge in [0, 0.05) is 12.2 Å². The third kappa shape index (κ3) is 20.2. The molecule has 0 aliphatic rings. The van der Waals surface area contributed by atoms with E-state index in [4.69, 9.17) is 23.2 Å². The highest BCUT2D eigenvalue weighted by molar-refractivity contribution is 6.81. The van der Waals surface area contributed by atoms with Gasteiger partial charge in [0.1, 0.15) is 6.10 Å². The molecule has 0 aromatic heterocycles. The van der Waals surface area contributed by atoms with Gasteiger partial charge in [-0.05, 0) is 65.6 Å². The van der Waals surface area contributed by atoms with Crippen molar-refractivity contribution in [3.63, 3.8) is 0 Å². The van der Waals surface area contributed by atoms with Crippen molar-refractivity contribution in [1.29, 1.82) is 0 Å². The van der Waals surface area contributed by atoms with E-state index in [9.17, 15) is 9.90 Å². The van der Waals surface area contributed by atoms with Crippen LogP contribution in [0.1, 0.15) is 20.3 Å². The van der Waals surface area contributed by atoms with Crippen molar-refractivity contribution >= 4 is 31.9 Å². The Morgan fingerprint density at radius 1 is 1.11 bits per heavy atom. The number of aliphatic hydroxyl groups is 2. The van der Waals surface area contributed by atoms with Crippen LogP contribution in [0.2, 0.25) is 45.3 Å². The van der Waals surface area contributed by atoms with Crippen molar-refractivity contribution in [3.05, 3.63) is 12.2 Å². The van der Waals surface area contributed by atoms with Gasteiger partial charge in [0.15, 0.2) is 16.6 Å². The number of aliphatic carboxylic acids is 1. The normalized spacial score (nSPS) is 14.3. The summed E-state index contributed by atoms with van der Waals surface area (Å²) in [5, 5.41) is 26.2. The molecule has 3 N–H and O–H groups in total. The van der Waals surface area contributed by atoms with Crippen LogP contribution in [0.3, 0.4) is 0 Å². The Balaban J connectivity index is 0. The number of ether oxygens (including phenoxy) is 1. The average molecular weight is 441 g/mol. The summed E-state index contributed by atoms with van der Waals surface area (Å²) in [7, 11) is -4.81. The van der Waals surface area contributed by atoms with E-state index < -0.39 is 38.0 Å². The Morgan fingerprint density at radius 2 is 1.52 bits per heavy atom. The van der Waals surface area contributed by atoms with Crippen molar-refractivity contribution in [2.24, 2.45) is 0 Å². The minimum absolute atomic E-state index is 0.176. The quantitative estimate of drug-likeness (QED) is 0.243. The lowest BCUT2D eigenvalue weighted by Crippen LogP contribution is -2.43. The molecule has 2 atom stereocenters. The second kappa shape index (κ2) is 13.8. The van der Waals surface area contributed by atoms with Gasteiger partial charge in [-0.3, -0.25) is 0 Å². The topological polar surface area (TPSA) is 105 Å². The fourth-order valence-corrected chi connectivity index (χ4v) is 10.1. The Morgan fingerprint density at radius 3 is 1.81 bits per heavy atom. The summed E-state index contributed by atoms with van der Waals surface area (Å²) in [5.74, 6) is -0.935. The molecule has 27 heavy (non-hydrogen) atoms. The van der Waals surface area contributed by atoms with Crippen LogP contribution in [0.15, 0.2) is 12.2 Å². The first-order valence-electron chi connectivity index (χ1n) is 9.24. The van der Waals surface area contributed by atoms with Gasteiger partial charge in [0.2, 0.25) is 0 Å². The maximum Gasteiger partial charge on any atom is 0.330 e. The number of rotatable bonds is 12. The highest BCUT2D eigenvalue weighted by Crippen LogP contribution is 2.16. The predicted molar refractivity (Wildman–Crippen MR) is 116 cm³/mol. The maximum absolute atomic E-state index is 9.60. The molecule has 2 unspecified atom stereocenters. The maximum atomic E-state index is 9.60. The molecule has 10 heteroatoms. The molecule has 0 saturated carbocycles. The standard InChI is InChI=1S/C13H34O5Si3.C4H6O2/c1-12(13(15)11-14)16-9-8-10-19(17-20(2,3)4)18-21(5,6)7;1-3(2)4(5)6/h12-15,19H,8-11H2,1-7H3;1H2,2H3,(H,5,6). The summed E-state index contributed by atoms with van der Waals surface area (Å²) < 4.78 is 18.0. The number of hydrogen-bond donors (Lipinski definition) is 3. The largest absolute Gasteiger partial charge is 0.478 e. The van der Waals surface area contributed by atoms with Gasteiger partial charge >= 0.3 is 15.3 Å². The molecule has 0 saturated heterocycles. The molecule has 0 aliphatic heterocycles. The zero-order chi connectivity index (χ0) is 21.8. The van der Waals surface area contributed by atoms with Crippen LogP contribution in [0.4, 0.5) is 0 Å². The molecule has 0 aromatic rings. The van der Waals surface area contributed by atoms with E-state index in [0.717, 1.165) is 12.5 Å². The molecule has 0 spiro atoms. The number of aliphatic hydroxyl groups excluding tert-OH is 2. The van der Waals surface area contributed by atoms with Crippen LogP contribution in [0, 0.1) is 0 Å². The fraction of sp³-hybridized carbons (Fsp3) is 0.824. The molecule has 0 bridgehead atoms. The molecule has 0 amide bonds. The Labute approximate surface area is 168 Å². The first-order chi connectivity index (χ1) is 12.1. The third-order valence-electron chi connectivity index (χ3n) is 3.03. The first kappa shape index (κ1) is 28.9. The zero-order valence-corrected chi connectivity index (χ0v) is 21.4. The summed E-state index contributed by atoms with van der Waals surface area (Å²) in [6.07, 6.45) is -0.283. The number of carbonyl (C=O) groups is 1. The van der Waals surface area contributed by atoms with Crippen molar-refractivity contribution in [3.8, 4) is 0 Å². The van der Waals surface area contributed by atoms with E-state index in [-0.39, 0.29) is 18.3 Å². The van der Waals surface area contributed by atoms with Crippen LogP contribution < -0.4 is 0 Å². The van der Waals surface area contributed by atoms with Crippen molar-refractivity contribution in [2.75, 3.05) is 13.2 Å². The number of carboxylic acids is 1. The van der Waals surface area contributed by atoms with Crippen LogP contribution in [0.5, 0.6) is 0 Å². The molecule has 0 aromatic carbocycles. The fourth-order valence-electron chi connectivity index (χ4n) is 1.71. The van der Waals surface area contributed by atoms with Gasteiger partial charge in [-0.25, -0.2) is 4.79 Å². The van der Waals surface area contributed by atoms with Gasteiger partial charge < -0.3 is 28.3 Å². The molecule has 162 valence electrons. The minimum Gasteiger partial charge on any atom is -0.478 e. The van der Waals surface area contributed by atoms with E-state index in [1.165, 1.54) is 6.92 Å². The molecule has 0 fully saturated rings. The van der Waals surface area contributed by atoms with Gasteiger partial charge in [0.25, 0.3) is 0 Å². The lowest BCUT2D eigenvalue weighted by Gasteiger charge is -2.30. The van der Waals surface area contributed by atoms with Gasteiger partial charge in [0.05, 0.1) is 12.7 Å². The molecule has 0 aliphatic carbocycles. The van der Waals surface area contributed by atoms with Crippen molar-refractivity contribution in [2.45, 2.75) is 77.8 Å². The van der Waals surface area contributed by atoms with E-state index >= 15 is 0 Å². The second-order valence-electron chi connectivity index (χ2n) is 8.44. The Bertz CT molecular complexity index is 405. The average Bonchev–Trinajstić information content (AvgIpc) is 2.47. The highest BCUT2D eigenvalue weighted by Gasteiger charge is 2.28. The van der Waals surface area contributed by atoms with Gasteiger partial charge in [-0.15, -0.1) is 0 Å². The summed E-state index contributed by atoms with van der Waals surface area (Å²) in [6, 6.07) is 0.927. The van der Waals surface area contributed by atoms with E-state index in [0.29, 0.717) is 6.61 Å². The van der Waals surface area contributed by atoms with Crippen molar-refractivity contribution in [1.82, 2.24) is 0 Å². The molecular formula is C17H40O7Si3. The lowest BCUT2D eigenvalue weighted by atomic mass is 10.2. The van der Waals surface area contributed by atoms with Crippen LogP contribution in [-0.2, 0) is 17.8 Å². The van der Waals surface area contributed by atoms with Gasteiger partial charge in [-0.2, -0.15) is 0 Å². The van der Waals surface area contributed by atoms with Crippen LogP contribution in [0.25, 0.3) is 0 Å². The summed E-state index contributed by atoms with van der Waals surface area (Å²) in [5.41, 5.74) is 0.176. The summed E-state index contributed by atoms with van der Waals surface area (Å²) >= 11 is 0. The Kier molecular flexibility index (Phi) is 14.7. The molecular weight excluding hydrogens is 400 g/mol. The van der Waals surface area contributed by atoms with Gasteiger partial charge in [-0.1, -0.05) is 6.58 Å². The SMILES string of the molecule is C=C(C)C(=O)O.CC(OCCC[SiH](O[Si](C)(C)C)O[Si](C)(C)C)C(O)CO. The molecule has 0 rings (SSSR count). The number of hydrogen-bond acceptors (Lipinski definition) is 6. The first-order valence-corrected chi connectivity index (χ1v) is 17.8. The van der Waals surface area contributed by atoms with E-state index in [1.807, 2.05) is 0 Å². The van der Waals surface area contributed by atoms with E-state index in [1.54, 1.807) is 6.92 Å². The minimum atomic E-state index is -1.65. The zero-order valence-electron chi connectivity index (χ0n) is 18.2. The van der Waals surface area contributed by atoms with Crippen LogP contribution in [-0.4, -0.2) is 72.6 Å². The lowest BCUT2D eigenvalue weighted by molar-refractivity contribution is -0.132. The highest BCUT2D eigenvalue weighted by atomic mass is 28.4. The smallest absolute Gasteiger partial charge is 0.330 e. The summed E-state index contributed by atoms with van der Waals surface area (Å²) in [4.78, 5) is 9.60. The second-order valence-corrected chi connectivity index (χ2v) is 20.2. The molecule has 0 radical (unpaired) electrons. The summed E-state index contributed by atoms with van der Waals surface area (Å²) in [6.45, 7) is 19.8. The molecule has 7 nitrogen and oxygen atoms in total. The van der Waals surface area contributed by atoms with E-state index in [2.05, 4.69) is 45.9 Å². The Hall–Kier alpha value is -0.339.